The Bertz CT molecular complexity index is 466. The summed E-state index contributed by atoms with van der Waals surface area (Å²) in [5.41, 5.74) is -0.697. The highest BCUT2D eigenvalue weighted by molar-refractivity contribution is 5.89. The fourth-order valence-corrected chi connectivity index (χ4v) is 2.78. The second kappa shape index (κ2) is 4.86. The van der Waals surface area contributed by atoms with Crippen LogP contribution >= 0.6 is 0 Å². The summed E-state index contributed by atoms with van der Waals surface area (Å²) in [6, 6.07) is 0. The van der Waals surface area contributed by atoms with Gasteiger partial charge in [0.05, 0.1) is 12.0 Å². The van der Waals surface area contributed by atoms with E-state index in [1.54, 1.807) is 6.08 Å². The average Bonchev–Trinajstić information content (AvgIpc) is 2.70. The van der Waals surface area contributed by atoms with Crippen LogP contribution < -0.4 is 0 Å². The zero-order valence-electron chi connectivity index (χ0n) is 12.3. The van der Waals surface area contributed by atoms with Gasteiger partial charge in [-0.3, -0.25) is 4.79 Å². The Labute approximate surface area is 118 Å². The van der Waals surface area contributed by atoms with Gasteiger partial charge in [-0.2, -0.15) is 5.06 Å². The number of rotatable bonds is 2. The molecular weight excluding hydrogens is 262 g/mol. The summed E-state index contributed by atoms with van der Waals surface area (Å²) in [7, 11) is 0. The average molecular weight is 283 g/mol. The summed E-state index contributed by atoms with van der Waals surface area (Å²) < 4.78 is 10.1. The smallest absolute Gasteiger partial charge is 0.334 e. The number of ether oxygens (including phenoxy) is 2. The lowest BCUT2D eigenvalue weighted by Gasteiger charge is -2.46. The molecule has 2 rings (SSSR count). The first-order valence-electron chi connectivity index (χ1n) is 6.69. The van der Waals surface area contributed by atoms with E-state index in [1.807, 2.05) is 27.7 Å². The lowest BCUT2D eigenvalue weighted by molar-refractivity contribution is -0.214. The Hall–Kier alpha value is -1.40. The molecule has 0 radical (unpaired) electrons. The summed E-state index contributed by atoms with van der Waals surface area (Å²) in [6.45, 7) is 7.48. The van der Waals surface area contributed by atoms with Gasteiger partial charge in [0.15, 0.2) is 0 Å². The van der Waals surface area contributed by atoms with Crippen molar-refractivity contribution in [2.45, 2.75) is 57.7 Å². The lowest BCUT2D eigenvalue weighted by atomic mass is 9.83. The number of carbonyl (C=O) groups excluding carboxylic acids is 2. The van der Waals surface area contributed by atoms with Crippen LogP contribution in [0.4, 0.5) is 0 Å². The third-order valence-corrected chi connectivity index (χ3v) is 3.63. The Morgan fingerprint density at radius 3 is 2.60 bits per heavy atom. The first-order chi connectivity index (χ1) is 9.12. The van der Waals surface area contributed by atoms with E-state index in [1.165, 1.54) is 5.06 Å². The largest absolute Gasteiger partial charge is 0.462 e. The molecule has 2 heterocycles. The lowest BCUT2D eigenvalue weighted by Crippen LogP contribution is -2.56. The predicted molar refractivity (Wildman–Crippen MR) is 69.9 cm³/mol. The molecule has 6 nitrogen and oxygen atoms in total. The standard InChI is InChI=1S/C14H21NO5/c1-13(2)6-9(7-14(3,4)15(13)18)12(17)20-10-5-11(16)19-8-10/h6,10,18H,5,7-8H2,1-4H3/t10-/m0/s1. The third kappa shape index (κ3) is 2.86. The van der Waals surface area contributed by atoms with E-state index in [0.29, 0.717) is 12.0 Å². The van der Waals surface area contributed by atoms with E-state index in [0.717, 1.165) is 0 Å². The van der Waals surface area contributed by atoms with Crippen LogP contribution in [0.2, 0.25) is 0 Å². The first-order valence-corrected chi connectivity index (χ1v) is 6.69. The maximum atomic E-state index is 12.2. The molecule has 20 heavy (non-hydrogen) atoms. The van der Waals surface area contributed by atoms with Gasteiger partial charge in [0.2, 0.25) is 0 Å². The Kier molecular flexibility index (Phi) is 3.64. The third-order valence-electron chi connectivity index (χ3n) is 3.63. The molecule has 112 valence electrons. The van der Waals surface area contributed by atoms with Crippen molar-refractivity contribution in [2.24, 2.45) is 0 Å². The minimum absolute atomic E-state index is 0.109. The van der Waals surface area contributed by atoms with Crippen molar-refractivity contribution in [3.63, 3.8) is 0 Å². The van der Waals surface area contributed by atoms with Gasteiger partial charge in [-0.1, -0.05) is 6.08 Å². The van der Waals surface area contributed by atoms with Crippen LogP contribution in [0.5, 0.6) is 0 Å². The van der Waals surface area contributed by atoms with Gasteiger partial charge in [-0.15, -0.1) is 0 Å². The summed E-state index contributed by atoms with van der Waals surface area (Å²) in [5.74, 6) is -0.787. The van der Waals surface area contributed by atoms with E-state index >= 15 is 0 Å². The van der Waals surface area contributed by atoms with Crippen LogP contribution in [0.15, 0.2) is 11.6 Å². The van der Waals surface area contributed by atoms with Gasteiger partial charge in [0, 0.05) is 11.1 Å². The van der Waals surface area contributed by atoms with Crippen molar-refractivity contribution < 1.29 is 24.3 Å². The SMILES string of the molecule is CC1(C)C=C(C(=O)O[C@@H]2COC(=O)C2)CC(C)(C)N1O. The molecule has 0 aromatic carbocycles. The summed E-state index contributed by atoms with van der Waals surface area (Å²) in [4.78, 5) is 23.2. The molecule has 1 saturated heterocycles. The van der Waals surface area contributed by atoms with E-state index in [4.69, 9.17) is 9.47 Å². The molecule has 0 saturated carbocycles. The van der Waals surface area contributed by atoms with E-state index in [2.05, 4.69) is 0 Å². The highest BCUT2D eigenvalue weighted by atomic mass is 16.6. The molecule has 0 unspecified atom stereocenters. The van der Waals surface area contributed by atoms with Crippen LogP contribution in [-0.2, 0) is 19.1 Å². The minimum atomic E-state index is -0.655. The molecule has 0 aliphatic carbocycles. The zero-order valence-corrected chi connectivity index (χ0v) is 12.3. The summed E-state index contributed by atoms with van der Waals surface area (Å²) >= 11 is 0. The Balaban J connectivity index is 2.11. The number of cyclic esters (lactones) is 1. The van der Waals surface area contributed by atoms with Gasteiger partial charge in [0.1, 0.15) is 12.7 Å². The highest BCUT2D eigenvalue weighted by Gasteiger charge is 2.43. The fraction of sp³-hybridized carbons (Fsp3) is 0.714. The summed E-state index contributed by atoms with van der Waals surface area (Å²) in [6.07, 6.45) is 1.69. The van der Waals surface area contributed by atoms with Gasteiger partial charge in [0.25, 0.3) is 0 Å². The van der Waals surface area contributed by atoms with Gasteiger partial charge < -0.3 is 14.7 Å². The van der Waals surface area contributed by atoms with Crippen LogP contribution in [0.3, 0.4) is 0 Å². The number of hydroxylamine groups is 2. The van der Waals surface area contributed by atoms with Crippen molar-refractivity contribution in [2.75, 3.05) is 6.61 Å². The highest BCUT2D eigenvalue weighted by Crippen LogP contribution is 2.36. The maximum absolute atomic E-state index is 12.2. The van der Waals surface area contributed by atoms with Gasteiger partial charge in [-0.25, -0.2) is 4.79 Å². The van der Waals surface area contributed by atoms with Gasteiger partial charge in [-0.05, 0) is 34.1 Å². The molecule has 0 spiro atoms. The molecule has 1 atom stereocenters. The molecule has 2 aliphatic heterocycles. The molecule has 1 fully saturated rings. The number of esters is 2. The van der Waals surface area contributed by atoms with Crippen molar-refractivity contribution in [3.05, 3.63) is 11.6 Å². The number of carbonyl (C=O) groups is 2. The molecule has 0 bridgehead atoms. The Morgan fingerprint density at radius 2 is 2.10 bits per heavy atom. The number of hydrogen-bond donors (Lipinski definition) is 1. The molecule has 0 amide bonds. The summed E-state index contributed by atoms with van der Waals surface area (Å²) in [5, 5.41) is 11.4. The van der Waals surface area contributed by atoms with Crippen molar-refractivity contribution in [1.82, 2.24) is 5.06 Å². The second-order valence-corrected chi connectivity index (χ2v) is 6.54. The van der Waals surface area contributed by atoms with Crippen LogP contribution in [-0.4, -0.2) is 46.0 Å². The molecule has 0 aromatic rings. The minimum Gasteiger partial charge on any atom is -0.462 e. The quantitative estimate of drug-likeness (QED) is 0.772. The number of hydrogen-bond acceptors (Lipinski definition) is 6. The molecular formula is C14H21NO5. The van der Waals surface area contributed by atoms with E-state index < -0.39 is 23.2 Å². The van der Waals surface area contributed by atoms with Crippen molar-refractivity contribution >= 4 is 11.9 Å². The first kappa shape index (κ1) is 15.0. The normalized spacial score (nSPS) is 28.8. The van der Waals surface area contributed by atoms with Crippen molar-refractivity contribution in [3.8, 4) is 0 Å². The van der Waals surface area contributed by atoms with Crippen molar-refractivity contribution in [1.29, 1.82) is 0 Å². The van der Waals surface area contributed by atoms with Crippen LogP contribution in [0.1, 0.15) is 40.5 Å². The van der Waals surface area contributed by atoms with E-state index in [-0.39, 0.29) is 19.0 Å². The predicted octanol–water partition coefficient (Wildman–Crippen LogP) is 1.42. The van der Waals surface area contributed by atoms with Crippen LogP contribution in [0.25, 0.3) is 0 Å². The zero-order chi connectivity index (χ0) is 15.1. The van der Waals surface area contributed by atoms with Gasteiger partial charge >= 0.3 is 11.9 Å². The topological polar surface area (TPSA) is 76.1 Å². The van der Waals surface area contributed by atoms with Crippen LogP contribution in [0, 0.1) is 0 Å². The maximum Gasteiger partial charge on any atom is 0.334 e. The monoisotopic (exact) mass is 283 g/mol. The number of nitrogens with zero attached hydrogens (tertiary/aromatic N) is 1. The second-order valence-electron chi connectivity index (χ2n) is 6.54. The van der Waals surface area contributed by atoms with E-state index in [9.17, 15) is 14.8 Å². The Morgan fingerprint density at radius 1 is 1.45 bits per heavy atom. The molecule has 1 N–H and O–H groups in total. The molecule has 2 aliphatic rings. The fourth-order valence-electron chi connectivity index (χ4n) is 2.78. The molecule has 0 aromatic heterocycles. The molecule has 6 heteroatoms.